The lowest BCUT2D eigenvalue weighted by atomic mass is 10.00. The van der Waals surface area contributed by atoms with Crippen molar-refractivity contribution in [2.75, 3.05) is 39.6 Å². The van der Waals surface area contributed by atoms with Crippen LogP contribution in [0.15, 0.2) is 0 Å². The number of aliphatic hydroxyl groups is 1. The van der Waals surface area contributed by atoms with Gasteiger partial charge in [0.2, 0.25) is 0 Å². The van der Waals surface area contributed by atoms with Gasteiger partial charge in [-0.25, -0.2) is 9.13 Å². The van der Waals surface area contributed by atoms with E-state index in [9.17, 15) is 43.2 Å². The molecule has 3 N–H and O–H groups in total. The van der Waals surface area contributed by atoms with Crippen LogP contribution in [-0.4, -0.2) is 96.7 Å². The minimum absolute atomic E-state index is 0.106. The van der Waals surface area contributed by atoms with Crippen LogP contribution in [0.4, 0.5) is 0 Å². The van der Waals surface area contributed by atoms with E-state index >= 15 is 0 Å². The quantitative estimate of drug-likeness (QED) is 0.0222. The van der Waals surface area contributed by atoms with Crippen molar-refractivity contribution in [1.82, 2.24) is 0 Å². The number of phosphoric ester groups is 2. The Balaban J connectivity index is 5.24. The van der Waals surface area contributed by atoms with E-state index in [0.29, 0.717) is 25.7 Å². The van der Waals surface area contributed by atoms with Gasteiger partial charge in [0.15, 0.2) is 12.2 Å². The molecule has 3 unspecified atom stereocenters. The molecular formula is C74H144O17P2. The molecule has 0 fully saturated rings. The van der Waals surface area contributed by atoms with Crippen molar-refractivity contribution in [3.8, 4) is 0 Å². The molecule has 0 aliphatic heterocycles. The third-order valence-corrected chi connectivity index (χ3v) is 19.3. The van der Waals surface area contributed by atoms with Crippen LogP contribution in [0.5, 0.6) is 0 Å². The Morgan fingerprint density at radius 3 is 0.763 bits per heavy atom. The zero-order valence-electron chi connectivity index (χ0n) is 60.9. The maximum absolute atomic E-state index is 13.0. The van der Waals surface area contributed by atoms with Crippen molar-refractivity contribution in [2.45, 2.75) is 388 Å². The molecule has 0 amide bonds. The van der Waals surface area contributed by atoms with Crippen molar-refractivity contribution in [3.05, 3.63) is 0 Å². The van der Waals surface area contributed by atoms with Crippen LogP contribution in [0.25, 0.3) is 0 Å². The van der Waals surface area contributed by atoms with E-state index < -0.39 is 97.5 Å². The number of aliphatic hydroxyl groups excluding tert-OH is 1. The Kier molecular flexibility index (Phi) is 62.2. The fraction of sp³-hybridized carbons (Fsp3) is 0.946. The van der Waals surface area contributed by atoms with Crippen LogP contribution in [0.2, 0.25) is 0 Å². The highest BCUT2D eigenvalue weighted by Gasteiger charge is 2.30. The monoisotopic (exact) mass is 1370 g/mol. The third-order valence-electron chi connectivity index (χ3n) is 17.4. The topological polar surface area (TPSA) is 237 Å². The zero-order chi connectivity index (χ0) is 68.9. The molecule has 0 rings (SSSR count). The Morgan fingerprint density at radius 1 is 0.301 bits per heavy atom. The lowest BCUT2D eigenvalue weighted by molar-refractivity contribution is -0.161. The fourth-order valence-electron chi connectivity index (χ4n) is 11.2. The summed E-state index contributed by atoms with van der Waals surface area (Å²) in [6.45, 7) is 14.1. The molecule has 93 heavy (non-hydrogen) atoms. The molecule has 19 heteroatoms. The highest BCUT2D eigenvalue weighted by molar-refractivity contribution is 7.47. The van der Waals surface area contributed by atoms with Crippen molar-refractivity contribution >= 4 is 39.5 Å². The predicted octanol–water partition coefficient (Wildman–Crippen LogP) is 21.3. The summed E-state index contributed by atoms with van der Waals surface area (Å²) >= 11 is 0. The predicted molar refractivity (Wildman–Crippen MR) is 377 cm³/mol. The minimum atomic E-state index is -4.96. The van der Waals surface area contributed by atoms with E-state index in [-0.39, 0.29) is 25.7 Å². The molecule has 0 radical (unpaired) electrons. The number of rotatable bonds is 71. The van der Waals surface area contributed by atoms with Gasteiger partial charge in [-0.15, -0.1) is 0 Å². The number of hydrogen-bond acceptors (Lipinski definition) is 15. The molecule has 552 valence electrons. The van der Waals surface area contributed by atoms with Crippen molar-refractivity contribution in [2.24, 2.45) is 23.7 Å². The minimum Gasteiger partial charge on any atom is -0.462 e. The van der Waals surface area contributed by atoms with Crippen molar-refractivity contribution < 1.29 is 80.2 Å². The number of carbonyl (C=O) groups is 4. The van der Waals surface area contributed by atoms with Crippen LogP contribution in [-0.2, 0) is 65.4 Å². The highest BCUT2D eigenvalue weighted by atomic mass is 31.2. The number of carbonyl (C=O) groups excluding carboxylic acids is 4. The van der Waals surface area contributed by atoms with Crippen molar-refractivity contribution in [3.63, 3.8) is 0 Å². The summed E-state index contributed by atoms with van der Waals surface area (Å²) < 4.78 is 68.4. The molecule has 0 heterocycles. The van der Waals surface area contributed by atoms with Gasteiger partial charge in [-0.1, -0.05) is 319 Å². The first-order valence-corrected chi connectivity index (χ1v) is 41.2. The van der Waals surface area contributed by atoms with Crippen molar-refractivity contribution in [1.29, 1.82) is 0 Å². The summed E-state index contributed by atoms with van der Waals surface area (Å²) in [6.07, 6.45) is 47.2. The normalized spacial score (nSPS) is 14.5. The molecule has 0 aliphatic rings. The first-order valence-electron chi connectivity index (χ1n) is 38.2. The van der Waals surface area contributed by atoms with E-state index in [1.807, 2.05) is 0 Å². The summed E-state index contributed by atoms with van der Waals surface area (Å²) in [5.41, 5.74) is 0. The summed E-state index contributed by atoms with van der Waals surface area (Å²) in [5.74, 6) is 0.906. The Morgan fingerprint density at radius 2 is 0.516 bits per heavy atom. The average Bonchev–Trinajstić information content (AvgIpc) is 1.93. The number of phosphoric acid groups is 2. The van der Waals surface area contributed by atoms with Gasteiger partial charge in [-0.3, -0.25) is 37.3 Å². The lowest BCUT2D eigenvalue weighted by Crippen LogP contribution is -2.30. The summed E-state index contributed by atoms with van der Waals surface area (Å²) in [6, 6.07) is 0. The van der Waals surface area contributed by atoms with Gasteiger partial charge in [0.25, 0.3) is 0 Å². The van der Waals surface area contributed by atoms with Gasteiger partial charge in [0.1, 0.15) is 19.3 Å². The standard InChI is InChI=1S/C74H144O17P2/c1-9-67(8)53-45-37-32-33-39-47-55-72(77)85-61-70(91-74(79)57-49-41-31-23-19-15-11-13-17-21-27-35-43-51-65(4)5)63-89-93(82,83)87-59-68(75)58-86-92(80,81)88-62-69(60-84-71(76)54-46-38-29-25-24-28-36-44-52-66(6)7)90-73(78)56-48-40-30-22-18-14-10-12-16-20-26-34-42-50-64(2)3/h64-70,75H,9-63H2,1-8H3,(H,80,81)(H,82,83)/t67?,68-,69-,70-/m1/s1. The smallest absolute Gasteiger partial charge is 0.462 e. The van der Waals surface area contributed by atoms with Crippen LogP contribution in [0, 0.1) is 23.7 Å². The van der Waals surface area contributed by atoms with Crippen LogP contribution in [0.3, 0.4) is 0 Å². The summed E-state index contributed by atoms with van der Waals surface area (Å²) in [5, 5.41) is 10.6. The highest BCUT2D eigenvalue weighted by Crippen LogP contribution is 2.45. The van der Waals surface area contributed by atoms with E-state index in [1.54, 1.807) is 0 Å². The second kappa shape index (κ2) is 63.5. The fourth-order valence-corrected chi connectivity index (χ4v) is 12.7. The molecule has 0 spiro atoms. The largest absolute Gasteiger partial charge is 0.472 e. The summed E-state index contributed by atoms with van der Waals surface area (Å²) in [7, 11) is -9.91. The third kappa shape index (κ3) is 67.0. The molecule has 6 atom stereocenters. The molecule has 0 saturated heterocycles. The maximum Gasteiger partial charge on any atom is 0.472 e. The van der Waals surface area contributed by atoms with Gasteiger partial charge < -0.3 is 33.8 Å². The SMILES string of the molecule is CCC(C)CCCCCCCCC(=O)OC[C@H](COP(=O)(O)OC[C@H](O)COP(=O)(O)OC[C@@H](COC(=O)CCCCCCCCCCC(C)C)OC(=O)CCCCCCCCCCCCCCCC(C)C)OC(=O)CCCCCCCCCCCCCCCC(C)C. The Labute approximate surface area is 568 Å². The van der Waals surface area contributed by atoms with Gasteiger partial charge >= 0.3 is 39.5 Å². The molecule has 0 aromatic rings. The van der Waals surface area contributed by atoms with Gasteiger partial charge in [-0.2, -0.15) is 0 Å². The lowest BCUT2D eigenvalue weighted by Gasteiger charge is -2.21. The summed E-state index contributed by atoms with van der Waals surface area (Å²) in [4.78, 5) is 72.7. The second-order valence-electron chi connectivity index (χ2n) is 28.4. The number of unbranched alkanes of at least 4 members (excludes halogenated alkanes) is 36. The Hall–Kier alpha value is -1.94. The Bertz CT molecular complexity index is 1840. The number of hydrogen-bond donors (Lipinski definition) is 3. The molecule has 17 nitrogen and oxygen atoms in total. The van der Waals surface area contributed by atoms with Gasteiger partial charge in [-0.05, 0) is 49.4 Å². The first-order chi connectivity index (χ1) is 44.6. The molecule has 0 saturated carbocycles. The molecule has 0 aromatic heterocycles. The van der Waals surface area contributed by atoms with Gasteiger partial charge in [0, 0.05) is 25.7 Å². The molecule has 0 aliphatic carbocycles. The van der Waals surface area contributed by atoms with E-state index in [2.05, 4.69) is 55.4 Å². The van der Waals surface area contributed by atoms with Crippen LogP contribution >= 0.6 is 15.6 Å². The zero-order valence-corrected chi connectivity index (χ0v) is 62.7. The van der Waals surface area contributed by atoms with E-state index in [4.69, 9.17) is 37.0 Å². The molecular weight excluding hydrogens is 1220 g/mol. The van der Waals surface area contributed by atoms with Crippen LogP contribution in [0.1, 0.15) is 370 Å². The first kappa shape index (κ1) is 91.1. The molecule has 0 bridgehead atoms. The second-order valence-corrected chi connectivity index (χ2v) is 31.3. The van der Waals surface area contributed by atoms with E-state index in [1.165, 1.54) is 167 Å². The molecule has 0 aromatic carbocycles. The van der Waals surface area contributed by atoms with Crippen LogP contribution < -0.4 is 0 Å². The maximum atomic E-state index is 13.0. The van der Waals surface area contributed by atoms with Gasteiger partial charge in [0.05, 0.1) is 26.4 Å². The average molecular weight is 1370 g/mol. The number of esters is 4. The number of ether oxygens (including phenoxy) is 4. The van der Waals surface area contributed by atoms with E-state index in [0.717, 1.165) is 120 Å².